The highest BCUT2D eigenvalue weighted by Gasteiger charge is 2.49. The molecule has 1 aliphatic heterocycles. The molecule has 0 unspecified atom stereocenters. The average molecular weight is 395 g/mol. The molecule has 2 aromatic rings. The lowest BCUT2D eigenvalue weighted by atomic mass is 9.91. The quantitative estimate of drug-likeness (QED) is 0.375. The predicted molar refractivity (Wildman–Crippen MR) is 83.8 cm³/mol. The Balaban J connectivity index is 1.98. The molecule has 0 aliphatic carbocycles. The van der Waals surface area contributed by atoms with Crippen molar-refractivity contribution in [1.82, 2.24) is 10.2 Å². The molecule has 1 aliphatic rings. The lowest BCUT2D eigenvalue weighted by Gasteiger charge is -2.22. The van der Waals surface area contributed by atoms with Crippen LogP contribution in [0.5, 0.6) is 0 Å². The molecule has 3 rings (SSSR count). The summed E-state index contributed by atoms with van der Waals surface area (Å²) in [6.07, 6.45) is 0. The number of nitrogens with zero attached hydrogens (tertiary/aromatic N) is 2. The fourth-order valence-corrected chi connectivity index (χ4v) is 2.86. The number of imide groups is 1. The lowest BCUT2D eigenvalue weighted by molar-refractivity contribution is -0.131. The number of carbonyl (C=O) groups excluding carboxylic acids is 2. The molecule has 0 aromatic heterocycles. The maximum absolute atomic E-state index is 13.9. The predicted octanol–water partition coefficient (Wildman–Crippen LogP) is 3.22. The largest absolute Gasteiger partial charge is 0.325 e. The number of nitrogens with one attached hydrogen (secondary N) is 1. The van der Waals surface area contributed by atoms with Gasteiger partial charge in [0.15, 0.2) is 23.3 Å². The van der Waals surface area contributed by atoms with Crippen molar-refractivity contribution in [2.75, 3.05) is 0 Å². The summed E-state index contributed by atoms with van der Waals surface area (Å²) < 4.78 is 67.7. The molecular weight excluding hydrogens is 385 g/mol. The van der Waals surface area contributed by atoms with Crippen LogP contribution in [0.1, 0.15) is 23.6 Å². The van der Waals surface area contributed by atoms with Gasteiger partial charge in [0.2, 0.25) is 5.82 Å². The Kier molecular flexibility index (Phi) is 4.54. The van der Waals surface area contributed by atoms with Crippen molar-refractivity contribution in [2.24, 2.45) is 0 Å². The van der Waals surface area contributed by atoms with Crippen molar-refractivity contribution < 1.29 is 31.5 Å². The minimum absolute atomic E-state index is 0.268. The Bertz CT molecular complexity index is 1020. The Morgan fingerprint density at radius 2 is 1.46 bits per heavy atom. The molecule has 1 N–H and O–H groups in total. The van der Waals surface area contributed by atoms with E-state index in [-0.39, 0.29) is 5.56 Å². The Labute approximate surface area is 155 Å². The van der Waals surface area contributed by atoms with E-state index in [1.165, 1.54) is 31.2 Å². The number of amides is 3. The maximum atomic E-state index is 13.9. The zero-order chi connectivity index (χ0) is 20.8. The molecule has 1 heterocycles. The van der Waals surface area contributed by atoms with Gasteiger partial charge in [-0.3, -0.25) is 9.69 Å². The minimum atomic E-state index is -2.33. The topological polar surface area (TPSA) is 73.2 Å². The van der Waals surface area contributed by atoms with E-state index in [0.29, 0.717) is 10.5 Å². The van der Waals surface area contributed by atoms with Gasteiger partial charge in [0.1, 0.15) is 5.54 Å². The first kappa shape index (κ1) is 19.3. The highest BCUT2D eigenvalue weighted by atomic mass is 19.2. The summed E-state index contributed by atoms with van der Waals surface area (Å²) in [5, 5.41) is 11.2. The average Bonchev–Trinajstić information content (AvgIpc) is 2.91. The first-order chi connectivity index (χ1) is 13.1. The lowest BCUT2D eigenvalue weighted by Crippen LogP contribution is -2.40. The Hall–Kier alpha value is -3.48. The van der Waals surface area contributed by atoms with Crippen LogP contribution in [0.15, 0.2) is 24.3 Å². The van der Waals surface area contributed by atoms with Crippen LogP contribution in [0.25, 0.3) is 0 Å². The molecule has 28 heavy (non-hydrogen) atoms. The smallest absolute Gasteiger partial charge is 0.319 e. The second-order valence-electron chi connectivity index (χ2n) is 6.18. The highest BCUT2D eigenvalue weighted by Crippen LogP contribution is 2.31. The molecule has 1 saturated heterocycles. The first-order valence-electron chi connectivity index (χ1n) is 7.77. The molecule has 144 valence electrons. The van der Waals surface area contributed by atoms with Gasteiger partial charge in [-0.25, -0.2) is 26.7 Å². The third kappa shape index (κ3) is 2.76. The number of urea groups is 1. The molecule has 0 spiro atoms. The van der Waals surface area contributed by atoms with Crippen molar-refractivity contribution in [2.45, 2.75) is 19.0 Å². The van der Waals surface area contributed by atoms with Gasteiger partial charge in [-0.05, 0) is 24.6 Å². The number of hydrogen-bond acceptors (Lipinski definition) is 3. The summed E-state index contributed by atoms with van der Waals surface area (Å²) >= 11 is 0. The van der Waals surface area contributed by atoms with Gasteiger partial charge in [-0.2, -0.15) is 5.26 Å². The van der Waals surface area contributed by atoms with Gasteiger partial charge in [0.25, 0.3) is 5.91 Å². The highest BCUT2D eigenvalue weighted by molar-refractivity contribution is 6.07. The monoisotopic (exact) mass is 395 g/mol. The number of benzene rings is 2. The van der Waals surface area contributed by atoms with E-state index in [2.05, 4.69) is 5.32 Å². The number of rotatable bonds is 3. The summed E-state index contributed by atoms with van der Waals surface area (Å²) in [6.45, 7) is 0.162. The molecule has 0 radical (unpaired) electrons. The van der Waals surface area contributed by atoms with Gasteiger partial charge >= 0.3 is 6.03 Å². The number of hydrogen-bond donors (Lipinski definition) is 1. The van der Waals surface area contributed by atoms with E-state index in [1.54, 1.807) is 0 Å². The second kappa shape index (κ2) is 6.60. The van der Waals surface area contributed by atoms with Gasteiger partial charge < -0.3 is 5.32 Å². The molecule has 3 amide bonds. The van der Waals surface area contributed by atoms with Crippen molar-refractivity contribution in [3.05, 3.63) is 70.0 Å². The standard InChI is InChI=1S/C18H10F5N3O2/c1-18(9-4-2-8(6-24)3-5-9)16(27)26(17(28)25-18)7-10-11(19)13(21)15(23)14(22)12(10)20/h2-5H,7H2,1H3,(H,25,28)/t18-/m1/s1. The SMILES string of the molecule is C[C@]1(c2ccc(C#N)cc2)NC(=O)N(Cc2c(F)c(F)c(F)c(F)c2F)C1=O. The van der Waals surface area contributed by atoms with Crippen molar-refractivity contribution in [3.63, 3.8) is 0 Å². The van der Waals surface area contributed by atoms with Crippen LogP contribution in [-0.4, -0.2) is 16.8 Å². The van der Waals surface area contributed by atoms with Crippen molar-refractivity contribution in [1.29, 1.82) is 5.26 Å². The molecule has 0 bridgehead atoms. The zero-order valence-corrected chi connectivity index (χ0v) is 14.1. The number of halogens is 5. The van der Waals surface area contributed by atoms with Crippen LogP contribution in [0, 0.1) is 40.4 Å². The molecular formula is C18H10F5N3O2. The van der Waals surface area contributed by atoms with E-state index >= 15 is 0 Å². The van der Waals surface area contributed by atoms with Gasteiger partial charge in [-0.1, -0.05) is 12.1 Å². The van der Waals surface area contributed by atoms with Gasteiger partial charge in [0, 0.05) is 5.56 Å². The summed E-state index contributed by atoms with van der Waals surface area (Å²) in [6, 6.07) is 6.40. The fraction of sp³-hybridized carbons (Fsp3) is 0.167. The van der Waals surface area contributed by atoms with Crippen LogP contribution >= 0.6 is 0 Å². The van der Waals surface area contributed by atoms with E-state index < -0.39 is 58.7 Å². The molecule has 5 nitrogen and oxygen atoms in total. The maximum Gasteiger partial charge on any atom is 0.325 e. The zero-order valence-electron chi connectivity index (χ0n) is 14.1. The van der Waals surface area contributed by atoms with Crippen molar-refractivity contribution >= 4 is 11.9 Å². The number of carbonyl (C=O) groups is 2. The second-order valence-corrected chi connectivity index (χ2v) is 6.18. The molecule has 1 fully saturated rings. The molecule has 0 saturated carbocycles. The van der Waals surface area contributed by atoms with E-state index in [1.807, 2.05) is 6.07 Å². The number of nitriles is 1. The van der Waals surface area contributed by atoms with Crippen LogP contribution in [-0.2, 0) is 16.9 Å². The minimum Gasteiger partial charge on any atom is -0.319 e. The van der Waals surface area contributed by atoms with Gasteiger partial charge in [-0.15, -0.1) is 0 Å². The van der Waals surface area contributed by atoms with Crippen molar-refractivity contribution in [3.8, 4) is 6.07 Å². The summed E-state index contributed by atoms with van der Waals surface area (Å²) in [5.74, 6) is -11.9. The molecule has 2 aromatic carbocycles. The fourth-order valence-electron chi connectivity index (χ4n) is 2.86. The van der Waals surface area contributed by atoms with Crippen LogP contribution in [0.2, 0.25) is 0 Å². The van der Waals surface area contributed by atoms with Crippen LogP contribution in [0.3, 0.4) is 0 Å². The molecule has 1 atom stereocenters. The van der Waals surface area contributed by atoms with E-state index in [0.717, 1.165) is 0 Å². The summed E-state index contributed by atoms with van der Waals surface area (Å²) in [7, 11) is 0. The third-order valence-corrected chi connectivity index (χ3v) is 4.48. The summed E-state index contributed by atoms with van der Waals surface area (Å²) in [4.78, 5) is 25.3. The normalized spacial score (nSPS) is 19.0. The molecule has 10 heteroatoms. The Morgan fingerprint density at radius 3 is 1.96 bits per heavy atom. The van der Waals surface area contributed by atoms with Crippen LogP contribution < -0.4 is 5.32 Å². The van der Waals surface area contributed by atoms with E-state index in [4.69, 9.17) is 5.26 Å². The Morgan fingerprint density at radius 1 is 0.964 bits per heavy atom. The first-order valence-corrected chi connectivity index (χ1v) is 7.77. The van der Waals surface area contributed by atoms with Crippen LogP contribution in [0.4, 0.5) is 26.7 Å². The summed E-state index contributed by atoms with van der Waals surface area (Å²) in [5.41, 5.74) is -2.38. The van der Waals surface area contributed by atoms with Gasteiger partial charge in [0.05, 0.1) is 18.2 Å². The van der Waals surface area contributed by atoms with E-state index in [9.17, 15) is 31.5 Å². The third-order valence-electron chi connectivity index (χ3n) is 4.48.